The average Bonchev–Trinajstić information content (AvgIpc) is 3.10. The highest BCUT2D eigenvalue weighted by atomic mass is 35.5. The van der Waals surface area contributed by atoms with Crippen molar-refractivity contribution in [2.24, 2.45) is 0 Å². The minimum atomic E-state index is -0.837. The molecular formula is C26H30ClNO7. The summed E-state index contributed by atoms with van der Waals surface area (Å²) in [5, 5.41) is 11.6. The number of carbonyl (C=O) groups excluding carboxylic acids is 2. The third-order valence-corrected chi connectivity index (χ3v) is 5.99. The Hall–Kier alpha value is -3.23. The Morgan fingerprint density at radius 3 is 2.31 bits per heavy atom. The standard InChI is InChI=1S/C26H30ClNO7/c1-15(2)35-12-6-11-28-23(16-8-10-19(32-3)21(13-16)34-5)22(25(30)26(28)31)24(29)17-7-9-18(27)20(14-17)33-4/h7-10,13-15,23,29H,6,11-12H2,1-5H3/b24-22-. The zero-order valence-electron chi connectivity index (χ0n) is 20.5. The lowest BCUT2D eigenvalue weighted by Crippen LogP contribution is -2.31. The lowest BCUT2D eigenvalue weighted by molar-refractivity contribution is -0.140. The van der Waals surface area contributed by atoms with E-state index in [1.165, 1.54) is 32.3 Å². The van der Waals surface area contributed by atoms with E-state index in [-0.39, 0.29) is 24.0 Å². The molecule has 1 N–H and O–H groups in total. The fourth-order valence-electron chi connectivity index (χ4n) is 4.00. The van der Waals surface area contributed by atoms with Crippen molar-refractivity contribution in [3.05, 3.63) is 58.1 Å². The average molecular weight is 504 g/mol. The molecular weight excluding hydrogens is 474 g/mol. The van der Waals surface area contributed by atoms with E-state index in [1.807, 2.05) is 13.8 Å². The second-order valence-corrected chi connectivity index (χ2v) is 8.64. The van der Waals surface area contributed by atoms with E-state index in [0.717, 1.165) is 0 Å². The molecule has 9 heteroatoms. The Labute approximate surface area is 210 Å². The van der Waals surface area contributed by atoms with Gasteiger partial charge >= 0.3 is 0 Å². The molecule has 1 aliphatic rings. The van der Waals surface area contributed by atoms with Crippen molar-refractivity contribution in [1.82, 2.24) is 4.90 Å². The predicted molar refractivity (Wildman–Crippen MR) is 132 cm³/mol. The molecule has 1 aliphatic heterocycles. The van der Waals surface area contributed by atoms with Gasteiger partial charge in [0.05, 0.1) is 44.1 Å². The summed E-state index contributed by atoms with van der Waals surface area (Å²) in [5.41, 5.74) is 0.864. The van der Waals surface area contributed by atoms with Gasteiger partial charge < -0.3 is 29.0 Å². The number of nitrogens with zero attached hydrogens (tertiary/aromatic N) is 1. The maximum atomic E-state index is 13.2. The molecule has 0 aliphatic carbocycles. The van der Waals surface area contributed by atoms with Gasteiger partial charge in [-0.05, 0) is 56.2 Å². The van der Waals surface area contributed by atoms with Crippen LogP contribution < -0.4 is 14.2 Å². The Morgan fingerprint density at radius 2 is 1.69 bits per heavy atom. The van der Waals surface area contributed by atoms with Crippen LogP contribution in [0.4, 0.5) is 0 Å². The molecule has 1 fully saturated rings. The number of Topliss-reactive ketones (excluding diaryl/α,β-unsaturated/α-hetero) is 1. The molecule has 0 aromatic heterocycles. The SMILES string of the molecule is COc1cc(/C(O)=C2/C(=O)C(=O)N(CCCOC(C)C)C2c2ccc(OC)c(OC)c2)ccc1Cl. The first-order valence-corrected chi connectivity index (χ1v) is 11.6. The van der Waals surface area contributed by atoms with Gasteiger partial charge in [0, 0.05) is 18.7 Å². The fraction of sp³-hybridized carbons (Fsp3) is 0.385. The lowest BCUT2D eigenvalue weighted by Gasteiger charge is -2.26. The number of hydrogen-bond donors (Lipinski definition) is 1. The quantitative estimate of drug-likeness (QED) is 0.219. The van der Waals surface area contributed by atoms with Crippen LogP contribution in [0, 0.1) is 0 Å². The van der Waals surface area contributed by atoms with E-state index in [4.69, 9.17) is 30.5 Å². The monoisotopic (exact) mass is 503 g/mol. The Bertz CT molecular complexity index is 1130. The van der Waals surface area contributed by atoms with Crippen LogP contribution in [-0.4, -0.2) is 62.3 Å². The summed E-state index contributed by atoms with van der Waals surface area (Å²) in [4.78, 5) is 27.8. The van der Waals surface area contributed by atoms with Crippen LogP contribution in [0.3, 0.4) is 0 Å². The summed E-state index contributed by atoms with van der Waals surface area (Å²) in [7, 11) is 4.47. The van der Waals surface area contributed by atoms with E-state index < -0.39 is 17.7 Å². The number of ketones is 1. The molecule has 1 atom stereocenters. The molecule has 1 saturated heterocycles. The Kier molecular flexibility index (Phi) is 8.64. The first-order valence-electron chi connectivity index (χ1n) is 11.2. The van der Waals surface area contributed by atoms with Crippen LogP contribution in [0.1, 0.15) is 37.4 Å². The minimum absolute atomic E-state index is 0.0311. The van der Waals surface area contributed by atoms with Crippen LogP contribution >= 0.6 is 11.6 Å². The molecule has 1 amide bonds. The molecule has 0 saturated carbocycles. The first kappa shape index (κ1) is 26.4. The highest BCUT2D eigenvalue weighted by Gasteiger charge is 2.46. The molecule has 2 aromatic rings. The fourth-order valence-corrected chi connectivity index (χ4v) is 4.19. The molecule has 188 valence electrons. The van der Waals surface area contributed by atoms with Gasteiger partial charge in [0.15, 0.2) is 11.5 Å². The smallest absolute Gasteiger partial charge is 0.295 e. The number of amides is 1. The van der Waals surface area contributed by atoms with Crippen molar-refractivity contribution in [3.8, 4) is 17.2 Å². The first-order chi connectivity index (χ1) is 16.7. The van der Waals surface area contributed by atoms with Gasteiger partial charge in [-0.25, -0.2) is 0 Å². The van der Waals surface area contributed by atoms with Gasteiger partial charge in [0.1, 0.15) is 11.5 Å². The molecule has 1 unspecified atom stereocenters. The van der Waals surface area contributed by atoms with Crippen LogP contribution in [0.2, 0.25) is 5.02 Å². The van der Waals surface area contributed by atoms with E-state index in [9.17, 15) is 14.7 Å². The highest BCUT2D eigenvalue weighted by Crippen LogP contribution is 2.42. The van der Waals surface area contributed by atoms with E-state index in [2.05, 4.69) is 0 Å². The normalized spacial score (nSPS) is 17.2. The third kappa shape index (κ3) is 5.55. The number of ether oxygens (including phenoxy) is 4. The van der Waals surface area contributed by atoms with E-state index in [0.29, 0.717) is 46.4 Å². The summed E-state index contributed by atoms with van der Waals surface area (Å²) in [6.07, 6.45) is 0.566. The number of rotatable bonds is 10. The maximum absolute atomic E-state index is 13.2. The number of halogens is 1. The molecule has 2 aromatic carbocycles. The van der Waals surface area contributed by atoms with Crippen LogP contribution in [0.5, 0.6) is 17.2 Å². The number of likely N-dealkylation sites (tertiary alicyclic amines) is 1. The second-order valence-electron chi connectivity index (χ2n) is 8.23. The summed E-state index contributed by atoms with van der Waals surface area (Å²) >= 11 is 6.13. The molecule has 1 heterocycles. The molecule has 0 radical (unpaired) electrons. The largest absolute Gasteiger partial charge is 0.507 e. The zero-order valence-corrected chi connectivity index (χ0v) is 21.2. The van der Waals surface area contributed by atoms with Crippen molar-refractivity contribution in [2.45, 2.75) is 32.4 Å². The van der Waals surface area contributed by atoms with E-state index in [1.54, 1.807) is 30.3 Å². The van der Waals surface area contributed by atoms with Gasteiger partial charge in [-0.2, -0.15) is 0 Å². The molecule has 8 nitrogen and oxygen atoms in total. The molecule has 0 spiro atoms. The topological polar surface area (TPSA) is 94.5 Å². The van der Waals surface area contributed by atoms with Crippen molar-refractivity contribution in [3.63, 3.8) is 0 Å². The third-order valence-electron chi connectivity index (χ3n) is 5.68. The summed E-state index contributed by atoms with van der Waals surface area (Å²) < 4.78 is 21.6. The maximum Gasteiger partial charge on any atom is 0.295 e. The highest BCUT2D eigenvalue weighted by molar-refractivity contribution is 6.46. The second kappa shape index (κ2) is 11.5. The van der Waals surface area contributed by atoms with Crippen molar-refractivity contribution >= 4 is 29.1 Å². The number of methoxy groups -OCH3 is 3. The van der Waals surface area contributed by atoms with Crippen molar-refractivity contribution in [1.29, 1.82) is 0 Å². The number of aliphatic hydroxyl groups is 1. The van der Waals surface area contributed by atoms with E-state index >= 15 is 0 Å². The van der Waals surface area contributed by atoms with Crippen molar-refractivity contribution in [2.75, 3.05) is 34.5 Å². The molecule has 0 bridgehead atoms. The Balaban J connectivity index is 2.12. The summed E-state index contributed by atoms with van der Waals surface area (Å²) in [5.74, 6) is -0.525. The zero-order chi connectivity index (χ0) is 25.7. The summed E-state index contributed by atoms with van der Waals surface area (Å²) in [6, 6.07) is 8.94. The van der Waals surface area contributed by atoms with Gasteiger partial charge in [-0.3, -0.25) is 9.59 Å². The lowest BCUT2D eigenvalue weighted by atomic mass is 9.95. The minimum Gasteiger partial charge on any atom is -0.507 e. The van der Waals surface area contributed by atoms with Crippen LogP contribution in [0.25, 0.3) is 5.76 Å². The van der Waals surface area contributed by atoms with Gasteiger partial charge in [-0.1, -0.05) is 17.7 Å². The Morgan fingerprint density at radius 1 is 1.00 bits per heavy atom. The van der Waals surface area contributed by atoms with Gasteiger partial charge in [0.25, 0.3) is 11.7 Å². The van der Waals surface area contributed by atoms with Gasteiger partial charge in [-0.15, -0.1) is 0 Å². The van der Waals surface area contributed by atoms with Crippen LogP contribution in [-0.2, 0) is 14.3 Å². The summed E-state index contributed by atoms with van der Waals surface area (Å²) in [6.45, 7) is 4.54. The van der Waals surface area contributed by atoms with Crippen LogP contribution in [0.15, 0.2) is 42.0 Å². The molecule has 35 heavy (non-hydrogen) atoms. The van der Waals surface area contributed by atoms with Crippen molar-refractivity contribution < 1.29 is 33.6 Å². The van der Waals surface area contributed by atoms with Gasteiger partial charge in [0.2, 0.25) is 0 Å². The number of hydrogen-bond acceptors (Lipinski definition) is 7. The molecule has 3 rings (SSSR count). The number of benzene rings is 2. The number of aliphatic hydroxyl groups excluding tert-OH is 1. The predicted octanol–water partition coefficient (Wildman–Crippen LogP) is 4.60. The number of carbonyl (C=O) groups is 2.